The predicted molar refractivity (Wildman–Crippen MR) is 117 cm³/mol. The Morgan fingerprint density at radius 1 is 0.963 bits per heavy atom. The molecule has 0 amide bonds. The van der Waals surface area contributed by atoms with Gasteiger partial charge in [0.2, 0.25) is 0 Å². The zero-order valence-corrected chi connectivity index (χ0v) is 20.5. The van der Waals surface area contributed by atoms with E-state index >= 15 is 0 Å². The van der Waals surface area contributed by atoms with Crippen LogP contribution in [-0.4, -0.2) is 40.0 Å². The molecule has 0 unspecified atom stereocenters. The van der Waals surface area contributed by atoms with Crippen molar-refractivity contribution in [3.63, 3.8) is 0 Å². The molecule has 0 spiro atoms. The van der Waals surface area contributed by atoms with Gasteiger partial charge < -0.3 is 0 Å². The Labute approximate surface area is 187 Å². The van der Waals surface area contributed by atoms with E-state index in [1.807, 2.05) is 32.1 Å². The van der Waals surface area contributed by atoms with E-state index in [2.05, 4.69) is 78.1 Å². The van der Waals surface area contributed by atoms with Gasteiger partial charge in [-0.2, -0.15) is 0 Å². The fourth-order valence-corrected chi connectivity index (χ4v) is 4.82. The number of hydrogen-bond acceptors (Lipinski definition) is 1. The summed E-state index contributed by atoms with van der Waals surface area (Å²) in [5, 5.41) is 1.21. The van der Waals surface area contributed by atoms with Gasteiger partial charge in [-0.3, -0.25) is 0 Å². The minimum absolute atomic E-state index is 0. The summed E-state index contributed by atoms with van der Waals surface area (Å²) in [6.07, 6.45) is 23.9. The van der Waals surface area contributed by atoms with Crippen LogP contribution in [0.2, 0.25) is 5.32 Å². The third-order valence-electron chi connectivity index (χ3n) is 4.35. The van der Waals surface area contributed by atoms with Crippen LogP contribution in [0, 0.1) is 62.1 Å². The summed E-state index contributed by atoms with van der Waals surface area (Å²) in [4.78, 5) is 3.85. The van der Waals surface area contributed by atoms with Crippen molar-refractivity contribution in [3.8, 4) is 0 Å². The second kappa shape index (κ2) is 16.3. The Bertz CT molecular complexity index is 414. The average Bonchev–Trinajstić information content (AvgIpc) is 3.28. The Morgan fingerprint density at radius 2 is 1.56 bits per heavy atom. The molecule has 3 heteroatoms. The first-order valence-corrected chi connectivity index (χ1v) is 11.5. The van der Waals surface area contributed by atoms with Crippen molar-refractivity contribution in [2.45, 2.75) is 51.9 Å². The molecule has 0 aromatic heterocycles. The van der Waals surface area contributed by atoms with E-state index in [1.54, 1.807) is 4.82 Å². The third kappa shape index (κ3) is 12.6. The van der Waals surface area contributed by atoms with E-state index in [4.69, 9.17) is 0 Å². The molecule has 1 atom stereocenters. The fourth-order valence-electron chi connectivity index (χ4n) is 2.46. The first kappa shape index (κ1) is 27.5. The van der Waals surface area contributed by atoms with Crippen molar-refractivity contribution in [2.24, 2.45) is 0 Å². The van der Waals surface area contributed by atoms with Gasteiger partial charge in [0.05, 0.1) is 0 Å². The van der Waals surface area contributed by atoms with Crippen LogP contribution in [0.4, 0.5) is 0 Å². The van der Waals surface area contributed by atoms with Gasteiger partial charge in [-0.05, 0) is 32.1 Å². The summed E-state index contributed by atoms with van der Waals surface area (Å²) >= 11 is 0.556. The number of allylic oxidation sites excluding steroid dienone is 4. The van der Waals surface area contributed by atoms with Crippen LogP contribution in [0.15, 0.2) is 23.3 Å². The zero-order valence-electron chi connectivity index (χ0n) is 17.7. The largest absolute Gasteiger partial charge is 0.0312 e. The molecule has 27 heavy (non-hydrogen) atoms. The molecule has 0 bridgehead atoms. The van der Waals surface area contributed by atoms with Gasteiger partial charge in [0, 0.05) is 17.1 Å². The van der Waals surface area contributed by atoms with Crippen LogP contribution < -0.4 is 0 Å². The maximum Gasteiger partial charge on any atom is 0 e. The molecule has 0 aromatic carbocycles. The van der Waals surface area contributed by atoms with E-state index in [1.165, 1.54) is 35.2 Å². The molecule has 1 nitrogen and oxygen atoms in total. The zero-order chi connectivity index (χ0) is 19.4. The molecule has 0 aliphatic heterocycles. The predicted octanol–water partition coefficient (Wildman–Crippen LogP) is 5.50. The van der Waals surface area contributed by atoms with E-state index in [-0.39, 0.29) is 17.1 Å². The van der Waals surface area contributed by atoms with Crippen LogP contribution in [0.1, 0.15) is 40.5 Å². The second-order valence-corrected chi connectivity index (χ2v) is 9.36. The standard InChI is InChI=1S/C19H30NSe.C5H5.Fe/c1-15(2)9-7-10-16(3)13-14-21-19-12-8-11-18(19)17(4)20(5)6;1-2-4-5-3-1;/h8-9,11-13,17H,7,10,14H2,1-6H3;1-5H;/b16-13+;;/t17-;;/m1../s1. The van der Waals surface area contributed by atoms with Crippen LogP contribution in [0.25, 0.3) is 0 Å². The minimum Gasteiger partial charge on any atom is -0.0312 e. The Morgan fingerprint density at radius 3 is 2.07 bits per heavy atom. The van der Waals surface area contributed by atoms with Crippen LogP contribution in [-0.2, 0) is 17.1 Å². The van der Waals surface area contributed by atoms with Crippen LogP contribution in [0.3, 0.4) is 0 Å². The summed E-state index contributed by atoms with van der Waals surface area (Å²) in [5.74, 6) is 1.51. The van der Waals surface area contributed by atoms with Gasteiger partial charge >= 0.3 is 139 Å². The van der Waals surface area contributed by atoms with Gasteiger partial charge in [0.1, 0.15) is 0 Å². The second-order valence-electron chi connectivity index (χ2n) is 7.13. The molecular weight excluding hydrogens is 437 g/mol. The molecule has 0 saturated heterocycles. The van der Waals surface area contributed by atoms with E-state index in [0.29, 0.717) is 21.0 Å². The maximum atomic E-state index is 2.44. The van der Waals surface area contributed by atoms with Crippen LogP contribution >= 0.6 is 0 Å². The minimum atomic E-state index is 0. The Hall–Kier alpha value is 0.479. The molecule has 2 fully saturated rings. The van der Waals surface area contributed by atoms with Crippen LogP contribution in [0.5, 0.6) is 0 Å². The molecular formula is C24H35FeNSe. The van der Waals surface area contributed by atoms with Crippen molar-refractivity contribution in [1.29, 1.82) is 0 Å². The molecule has 2 saturated carbocycles. The summed E-state index contributed by atoms with van der Waals surface area (Å²) in [5.41, 5.74) is 2.95. The van der Waals surface area contributed by atoms with Gasteiger partial charge in [-0.15, -0.1) is 0 Å². The summed E-state index contributed by atoms with van der Waals surface area (Å²) in [6, 6.07) is 0.514. The monoisotopic (exact) mass is 473 g/mol. The molecule has 0 aromatic rings. The molecule has 2 aliphatic rings. The van der Waals surface area contributed by atoms with E-state index in [0.717, 1.165) is 0 Å². The normalized spacial score (nSPS) is 19.4. The average molecular weight is 472 g/mol. The van der Waals surface area contributed by atoms with E-state index < -0.39 is 0 Å². The van der Waals surface area contributed by atoms with Crippen molar-refractivity contribution in [3.05, 3.63) is 85.4 Å². The molecule has 0 N–H and O–H groups in total. The first-order valence-electron chi connectivity index (χ1n) is 9.42. The Kier molecular flexibility index (Phi) is 16.6. The van der Waals surface area contributed by atoms with Crippen molar-refractivity contribution in [2.75, 3.05) is 14.1 Å². The SMILES string of the molecule is CC(C)=CCC/C(C)=C/C[Se][C]1[CH][CH][CH][C]1[C@@H](C)N(C)C.[CH]1[CH][CH][CH][CH]1.[Fe]. The third-order valence-corrected chi connectivity index (χ3v) is 6.48. The summed E-state index contributed by atoms with van der Waals surface area (Å²) in [7, 11) is 4.31. The number of nitrogens with zero attached hydrogens (tertiary/aromatic N) is 1. The van der Waals surface area contributed by atoms with E-state index in [9.17, 15) is 0 Å². The molecule has 2 rings (SSSR count). The van der Waals surface area contributed by atoms with Gasteiger partial charge in [0.15, 0.2) is 0 Å². The first-order chi connectivity index (χ1) is 12.4. The molecule has 2 aliphatic carbocycles. The number of hydrogen-bond donors (Lipinski definition) is 0. The topological polar surface area (TPSA) is 3.24 Å². The van der Waals surface area contributed by atoms with Crippen molar-refractivity contribution >= 4 is 15.0 Å². The van der Waals surface area contributed by atoms with Gasteiger partial charge in [-0.1, -0.05) is 0 Å². The van der Waals surface area contributed by atoms with Gasteiger partial charge in [-0.25, -0.2) is 0 Å². The van der Waals surface area contributed by atoms with Crippen molar-refractivity contribution in [1.82, 2.24) is 4.90 Å². The summed E-state index contributed by atoms with van der Waals surface area (Å²) < 4.78 is 0. The quantitative estimate of drug-likeness (QED) is 0.333. The maximum absolute atomic E-state index is 2.44. The molecule has 10 radical (unpaired) electrons. The smallest absolute Gasteiger partial charge is 0 e. The molecule has 0 heterocycles. The van der Waals surface area contributed by atoms with Crippen molar-refractivity contribution < 1.29 is 17.1 Å². The number of rotatable bonds is 8. The van der Waals surface area contributed by atoms with Gasteiger partial charge in [0.25, 0.3) is 0 Å². The Balaban J connectivity index is 0.000000969. The summed E-state index contributed by atoms with van der Waals surface area (Å²) in [6.45, 7) is 8.90. The molecule has 150 valence electrons. The fraction of sp³-hybridized carbons (Fsp3) is 0.417.